The van der Waals surface area contributed by atoms with Crippen LogP contribution in [-0.2, 0) is 11.3 Å². The third-order valence-corrected chi connectivity index (χ3v) is 6.31. The number of nitrogens with zero attached hydrogens (tertiary/aromatic N) is 3. The Balaban J connectivity index is 1.31. The molecule has 0 saturated carbocycles. The second kappa shape index (κ2) is 12.2. The number of piperidine rings is 1. The number of carboxylic acids is 1. The van der Waals surface area contributed by atoms with Crippen molar-refractivity contribution in [3.8, 4) is 11.5 Å². The molecule has 2 atom stereocenters. The standard InChI is InChI=1S/C28H32N4O5/c1-3-36-24-8-4-5-9-25(24)37-23-7-6-14-32(18-23)28-30-16-22(17-31-28)26(33)29-15-20-10-12-21(13-11-20)19(2)27(34)35/h4-5,8-13,16-17,19,23H,3,6-7,14-15,18H2,1-2H3,(H,29,33)(H,34,35)/t19?,23-/m1/s1. The molecule has 37 heavy (non-hydrogen) atoms. The molecule has 1 unspecified atom stereocenters. The van der Waals surface area contributed by atoms with E-state index in [2.05, 4.69) is 20.2 Å². The monoisotopic (exact) mass is 504 g/mol. The molecule has 9 heteroatoms. The summed E-state index contributed by atoms with van der Waals surface area (Å²) in [7, 11) is 0. The van der Waals surface area contributed by atoms with Crippen molar-refractivity contribution in [2.45, 2.75) is 45.3 Å². The van der Waals surface area contributed by atoms with Crippen LogP contribution in [0.1, 0.15) is 54.1 Å². The van der Waals surface area contributed by atoms with Gasteiger partial charge in [0.1, 0.15) is 6.10 Å². The molecule has 2 aromatic carbocycles. The van der Waals surface area contributed by atoms with Crippen LogP contribution in [0, 0.1) is 0 Å². The summed E-state index contributed by atoms with van der Waals surface area (Å²) >= 11 is 0. The molecule has 0 radical (unpaired) electrons. The highest BCUT2D eigenvalue weighted by molar-refractivity contribution is 5.93. The Morgan fingerprint density at radius 2 is 1.81 bits per heavy atom. The number of amides is 1. The third kappa shape index (κ3) is 6.75. The van der Waals surface area contributed by atoms with Crippen molar-refractivity contribution in [1.82, 2.24) is 15.3 Å². The maximum absolute atomic E-state index is 12.6. The predicted molar refractivity (Wildman–Crippen MR) is 139 cm³/mol. The zero-order chi connectivity index (χ0) is 26.2. The highest BCUT2D eigenvalue weighted by atomic mass is 16.5. The summed E-state index contributed by atoms with van der Waals surface area (Å²) in [4.78, 5) is 34.7. The van der Waals surface area contributed by atoms with E-state index in [1.54, 1.807) is 19.1 Å². The van der Waals surface area contributed by atoms with E-state index in [1.165, 1.54) is 12.4 Å². The first-order valence-corrected chi connectivity index (χ1v) is 12.5. The number of carbonyl (C=O) groups excluding carboxylic acids is 1. The number of carbonyl (C=O) groups is 2. The van der Waals surface area contributed by atoms with Gasteiger partial charge in [-0.3, -0.25) is 9.59 Å². The maximum Gasteiger partial charge on any atom is 0.310 e. The normalized spacial score (nSPS) is 16.1. The molecule has 0 aliphatic carbocycles. The van der Waals surface area contributed by atoms with E-state index in [0.717, 1.165) is 42.0 Å². The van der Waals surface area contributed by atoms with E-state index in [-0.39, 0.29) is 12.0 Å². The molecule has 1 aliphatic heterocycles. The lowest BCUT2D eigenvalue weighted by Crippen LogP contribution is -2.42. The number of para-hydroxylation sites is 2. The fourth-order valence-electron chi connectivity index (χ4n) is 4.17. The van der Waals surface area contributed by atoms with Crippen LogP contribution in [0.3, 0.4) is 0 Å². The minimum Gasteiger partial charge on any atom is -0.490 e. The Hall–Kier alpha value is -4.14. The van der Waals surface area contributed by atoms with E-state index in [1.807, 2.05) is 43.3 Å². The fraction of sp³-hybridized carbons (Fsp3) is 0.357. The molecule has 1 saturated heterocycles. The van der Waals surface area contributed by atoms with Crippen LogP contribution in [-0.4, -0.2) is 52.8 Å². The predicted octanol–water partition coefficient (Wildman–Crippen LogP) is 4.04. The number of rotatable bonds is 10. The molecule has 194 valence electrons. The topological polar surface area (TPSA) is 114 Å². The molecular formula is C28H32N4O5. The summed E-state index contributed by atoms with van der Waals surface area (Å²) in [5.41, 5.74) is 1.96. The molecule has 2 heterocycles. The highest BCUT2D eigenvalue weighted by Gasteiger charge is 2.24. The first-order chi connectivity index (χ1) is 17.9. The minimum absolute atomic E-state index is 0.0215. The number of aromatic nitrogens is 2. The Bertz CT molecular complexity index is 1200. The zero-order valence-electron chi connectivity index (χ0n) is 21.1. The summed E-state index contributed by atoms with van der Waals surface area (Å²) in [6, 6.07) is 14.8. The number of ether oxygens (including phenoxy) is 2. The van der Waals surface area contributed by atoms with Crippen molar-refractivity contribution in [2.75, 3.05) is 24.6 Å². The van der Waals surface area contributed by atoms with Crippen molar-refractivity contribution >= 4 is 17.8 Å². The van der Waals surface area contributed by atoms with E-state index in [0.29, 0.717) is 31.2 Å². The molecule has 1 aliphatic rings. The fourth-order valence-corrected chi connectivity index (χ4v) is 4.17. The maximum atomic E-state index is 12.6. The van der Waals surface area contributed by atoms with Crippen molar-refractivity contribution in [1.29, 1.82) is 0 Å². The van der Waals surface area contributed by atoms with Gasteiger partial charge in [-0.15, -0.1) is 0 Å². The summed E-state index contributed by atoms with van der Waals surface area (Å²) in [5, 5.41) is 12.0. The van der Waals surface area contributed by atoms with Gasteiger partial charge in [0, 0.05) is 25.5 Å². The Morgan fingerprint density at radius 3 is 2.49 bits per heavy atom. The molecule has 1 fully saturated rings. The van der Waals surface area contributed by atoms with Gasteiger partial charge in [0.2, 0.25) is 5.95 Å². The van der Waals surface area contributed by atoms with E-state index in [4.69, 9.17) is 14.6 Å². The minimum atomic E-state index is -0.871. The van der Waals surface area contributed by atoms with Gasteiger partial charge in [-0.2, -0.15) is 0 Å². The summed E-state index contributed by atoms with van der Waals surface area (Å²) < 4.78 is 11.9. The lowest BCUT2D eigenvalue weighted by Gasteiger charge is -2.33. The molecule has 0 bridgehead atoms. The lowest BCUT2D eigenvalue weighted by atomic mass is 10.00. The summed E-state index contributed by atoms with van der Waals surface area (Å²) in [6.07, 6.45) is 4.91. The van der Waals surface area contributed by atoms with Gasteiger partial charge in [0.25, 0.3) is 5.91 Å². The van der Waals surface area contributed by atoms with Gasteiger partial charge in [-0.1, -0.05) is 36.4 Å². The van der Waals surface area contributed by atoms with E-state index in [9.17, 15) is 9.59 Å². The number of hydrogen-bond acceptors (Lipinski definition) is 7. The Morgan fingerprint density at radius 1 is 1.11 bits per heavy atom. The van der Waals surface area contributed by atoms with E-state index >= 15 is 0 Å². The number of nitrogens with one attached hydrogen (secondary N) is 1. The second-order valence-electron chi connectivity index (χ2n) is 8.96. The third-order valence-electron chi connectivity index (χ3n) is 6.31. The largest absolute Gasteiger partial charge is 0.490 e. The zero-order valence-corrected chi connectivity index (χ0v) is 21.1. The van der Waals surface area contributed by atoms with Crippen LogP contribution in [0.5, 0.6) is 11.5 Å². The molecule has 2 N–H and O–H groups in total. The summed E-state index contributed by atoms with van der Waals surface area (Å²) in [5.74, 6) is 0.304. The molecular weight excluding hydrogens is 472 g/mol. The molecule has 1 amide bonds. The quantitative estimate of drug-likeness (QED) is 0.425. The molecule has 3 aromatic rings. The van der Waals surface area contributed by atoms with Crippen LogP contribution in [0.15, 0.2) is 60.9 Å². The van der Waals surface area contributed by atoms with Gasteiger partial charge in [-0.25, -0.2) is 9.97 Å². The number of benzene rings is 2. The van der Waals surface area contributed by atoms with Crippen molar-refractivity contribution in [2.24, 2.45) is 0 Å². The van der Waals surface area contributed by atoms with Crippen molar-refractivity contribution < 1.29 is 24.2 Å². The van der Waals surface area contributed by atoms with Crippen LogP contribution >= 0.6 is 0 Å². The van der Waals surface area contributed by atoms with Crippen LogP contribution in [0.25, 0.3) is 0 Å². The number of aliphatic carboxylic acids is 1. The van der Waals surface area contributed by atoms with Crippen LogP contribution in [0.4, 0.5) is 5.95 Å². The van der Waals surface area contributed by atoms with Gasteiger partial charge in [0.15, 0.2) is 11.5 Å². The second-order valence-corrected chi connectivity index (χ2v) is 8.96. The molecule has 4 rings (SSSR count). The molecule has 0 spiro atoms. The van der Waals surface area contributed by atoms with Crippen molar-refractivity contribution in [3.63, 3.8) is 0 Å². The molecule has 1 aromatic heterocycles. The first kappa shape index (κ1) is 25.9. The number of hydrogen-bond donors (Lipinski definition) is 2. The Kier molecular flexibility index (Phi) is 8.56. The SMILES string of the molecule is CCOc1ccccc1O[C@@H]1CCCN(c2ncc(C(=O)NCc3ccc(C(C)C(=O)O)cc3)cn2)C1. The van der Waals surface area contributed by atoms with Gasteiger partial charge in [-0.05, 0) is 49.9 Å². The smallest absolute Gasteiger partial charge is 0.310 e. The molecule has 9 nitrogen and oxygen atoms in total. The van der Waals surface area contributed by atoms with E-state index < -0.39 is 11.9 Å². The number of carboxylic acid groups (broad SMARTS) is 1. The highest BCUT2D eigenvalue weighted by Crippen LogP contribution is 2.29. The number of anilines is 1. The first-order valence-electron chi connectivity index (χ1n) is 12.5. The van der Waals surface area contributed by atoms with Crippen LogP contribution < -0.4 is 19.7 Å². The van der Waals surface area contributed by atoms with Crippen LogP contribution in [0.2, 0.25) is 0 Å². The van der Waals surface area contributed by atoms with Gasteiger partial charge < -0.3 is 24.8 Å². The van der Waals surface area contributed by atoms with Gasteiger partial charge >= 0.3 is 5.97 Å². The average molecular weight is 505 g/mol. The lowest BCUT2D eigenvalue weighted by molar-refractivity contribution is -0.138. The Labute approximate surface area is 216 Å². The summed E-state index contributed by atoms with van der Waals surface area (Å²) in [6.45, 7) is 5.93. The average Bonchev–Trinajstić information content (AvgIpc) is 2.93. The van der Waals surface area contributed by atoms with Crippen molar-refractivity contribution in [3.05, 3.63) is 77.6 Å². The van der Waals surface area contributed by atoms with Gasteiger partial charge in [0.05, 0.1) is 24.6 Å².